The number of rotatable bonds is 12. The van der Waals surface area contributed by atoms with E-state index in [1.807, 2.05) is 6.07 Å². The largest absolute Gasteiger partial charge is 0.481 e. The Morgan fingerprint density at radius 2 is 1.88 bits per heavy atom. The van der Waals surface area contributed by atoms with Gasteiger partial charge in [0.1, 0.15) is 12.5 Å². The molecule has 8 heteroatoms. The van der Waals surface area contributed by atoms with Gasteiger partial charge in [-0.25, -0.2) is 4.98 Å². The summed E-state index contributed by atoms with van der Waals surface area (Å²) in [6, 6.07) is 7.12. The number of hydrogen-bond acceptors (Lipinski definition) is 4. The van der Waals surface area contributed by atoms with Crippen LogP contribution in [0.1, 0.15) is 75.3 Å². The van der Waals surface area contributed by atoms with Crippen molar-refractivity contribution in [3.63, 3.8) is 0 Å². The highest BCUT2D eigenvalue weighted by Gasteiger charge is 2.30. The number of carboxylic acids is 1. The summed E-state index contributed by atoms with van der Waals surface area (Å²) in [5.41, 5.74) is 1.76. The van der Waals surface area contributed by atoms with Crippen LogP contribution in [0.5, 0.6) is 5.88 Å². The minimum atomic E-state index is -0.859. The van der Waals surface area contributed by atoms with Crippen LogP contribution in [0, 0.1) is 0 Å². The average Bonchev–Trinajstić information content (AvgIpc) is 3.21. The molecular formula is C25H33BrCl2N2O3. The Hall–Kier alpha value is -1.34. The molecule has 1 aromatic carbocycles. The molecule has 0 spiro atoms. The number of fused-ring (bicyclic) bond motifs is 1. The van der Waals surface area contributed by atoms with Crippen LogP contribution >= 0.6 is 39.1 Å². The highest BCUT2D eigenvalue weighted by molar-refractivity contribution is 9.10. The normalized spacial score (nSPS) is 14.2. The Balaban J connectivity index is 0.000000268. The monoisotopic (exact) mass is 558 g/mol. The number of halogens is 3. The van der Waals surface area contributed by atoms with E-state index in [1.165, 1.54) is 51.4 Å². The number of nitrogens with zero attached hydrogens (tertiary/aromatic N) is 1. The van der Waals surface area contributed by atoms with Gasteiger partial charge < -0.3 is 15.2 Å². The molecule has 3 rings (SSSR count). The number of benzene rings is 1. The third-order valence-electron chi connectivity index (χ3n) is 5.48. The van der Waals surface area contributed by atoms with Gasteiger partial charge in [0.05, 0.1) is 0 Å². The van der Waals surface area contributed by atoms with Crippen LogP contribution in [0.3, 0.4) is 0 Å². The lowest BCUT2D eigenvalue weighted by molar-refractivity contribution is -0.138. The van der Waals surface area contributed by atoms with Crippen molar-refractivity contribution in [1.82, 2.24) is 10.3 Å². The van der Waals surface area contributed by atoms with Crippen molar-refractivity contribution in [2.45, 2.75) is 70.8 Å². The summed E-state index contributed by atoms with van der Waals surface area (Å²) in [6.45, 7) is 4.28. The number of aromatic nitrogens is 1. The van der Waals surface area contributed by atoms with E-state index >= 15 is 0 Å². The van der Waals surface area contributed by atoms with Crippen LogP contribution < -0.4 is 10.1 Å². The molecule has 1 atom stereocenters. The molecule has 0 fully saturated rings. The number of unbranched alkanes of at least 4 members (excludes halogenated alkanes) is 7. The van der Waals surface area contributed by atoms with E-state index in [9.17, 15) is 4.79 Å². The lowest BCUT2D eigenvalue weighted by Crippen LogP contribution is -2.15. The van der Waals surface area contributed by atoms with Gasteiger partial charge in [0.25, 0.3) is 0 Å². The van der Waals surface area contributed by atoms with Crippen molar-refractivity contribution in [2.24, 2.45) is 0 Å². The minimum Gasteiger partial charge on any atom is -0.481 e. The summed E-state index contributed by atoms with van der Waals surface area (Å²) in [4.78, 5) is 14.6. The number of pyridine rings is 1. The van der Waals surface area contributed by atoms with Crippen LogP contribution in [0.25, 0.3) is 0 Å². The number of carbonyl (C=O) groups is 1. The topological polar surface area (TPSA) is 71.5 Å². The average molecular weight is 560 g/mol. The lowest BCUT2D eigenvalue weighted by atomic mass is 10.0. The second-order valence-corrected chi connectivity index (χ2v) is 9.80. The van der Waals surface area contributed by atoms with Crippen LogP contribution in [0.15, 0.2) is 34.9 Å². The number of ether oxygens (including phenoxy) is 1. The fourth-order valence-corrected chi connectivity index (χ4v) is 4.99. The molecule has 5 nitrogen and oxygen atoms in total. The van der Waals surface area contributed by atoms with E-state index in [2.05, 4.69) is 33.2 Å². The van der Waals surface area contributed by atoms with Crippen molar-refractivity contribution >= 4 is 45.1 Å². The molecule has 2 aromatic rings. The van der Waals surface area contributed by atoms with Gasteiger partial charge in [-0.05, 0) is 36.7 Å². The molecule has 0 saturated heterocycles. The summed E-state index contributed by atoms with van der Waals surface area (Å²) in [6.07, 6.45) is 12.4. The predicted molar refractivity (Wildman–Crippen MR) is 139 cm³/mol. The van der Waals surface area contributed by atoms with Crippen molar-refractivity contribution in [3.8, 4) is 5.88 Å². The lowest BCUT2D eigenvalue weighted by Gasteiger charge is -2.09. The molecule has 1 aliphatic rings. The van der Waals surface area contributed by atoms with Gasteiger partial charge in [-0.1, -0.05) is 97.1 Å². The molecule has 0 amide bonds. The fourth-order valence-electron chi connectivity index (χ4n) is 3.58. The van der Waals surface area contributed by atoms with Crippen molar-refractivity contribution < 1.29 is 14.6 Å². The first kappa shape index (κ1) is 27.9. The van der Waals surface area contributed by atoms with E-state index in [-0.39, 0.29) is 6.61 Å². The summed E-state index contributed by atoms with van der Waals surface area (Å²) in [5.74, 6) is -0.958. The Bertz CT molecular complexity index is 859. The summed E-state index contributed by atoms with van der Waals surface area (Å²) < 4.78 is 6.06. The molecule has 0 radical (unpaired) electrons. The number of nitrogens with one attached hydrogen (secondary N) is 1. The maximum absolute atomic E-state index is 10.7. The standard InChI is InChI=1S/C17H26BrCl2N.C8H7NO3/c1-2-3-4-5-6-7-8-9-10-21-13-15-16(18)11-14(19)12-17(15)20;10-8(11)6-4-12-7-5(6)2-1-3-9-7/h11-12,21H,2-10,13H2,1H3;1-3,6H,4H2,(H,10,11)/t;6-/m.0/s1. The highest BCUT2D eigenvalue weighted by Crippen LogP contribution is 2.31. The van der Waals surface area contributed by atoms with Gasteiger partial charge in [-0.2, -0.15) is 0 Å². The van der Waals surface area contributed by atoms with Gasteiger partial charge in [0, 0.05) is 32.8 Å². The Morgan fingerprint density at radius 1 is 1.18 bits per heavy atom. The number of hydrogen-bond donors (Lipinski definition) is 2. The number of carboxylic acid groups (broad SMARTS) is 1. The van der Waals surface area contributed by atoms with E-state index in [1.54, 1.807) is 24.4 Å². The first-order valence-corrected chi connectivity index (χ1v) is 13.1. The molecule has 2 N–H and O–H groups in total. The third kappa shape index (κ3) is 9.81. The first-order chi connectivity index (χ1) is 15.9. The Kier molecular flexibility index (Phi) is 13.1. The maximum atomic E-state index is 10.7. The van der Waals surface area contributed by atoms with E-state index in [0.717, 1.165) is 28.1 Å². The second-order valence-electron chi connectivity index (χ2n) is 8.10. The van der Waals surface area contributed by atoms with Gasteiger partial charge >= 0.3 is 5.97 Å². The van der Waals surface area contributed by atoms with Gasteiger partial charge in [-0.3, -0.25) is 4.79 Å². The molecule has 1 aromatic heterocycles. The van der Waals surface area contributed by atoms with Crippen molar-refractivity contribution in [2.75, 3.05) is 13.2 Å². The fraction of sp³-hybridized carbons (Fsp3) is 0.520. The van der Waals surface area contributed by atoms with E-state index in [4.69, 9.17) is 33.0 Å². The van der Waals surface area contributed by atoms with Crippen LogP contribution in [-0.4, -0.2) is 29.2 Å². The molecular weight excluding hydrogens is 527 g/mol. The van der Waals surface area contributed by atoms with Gasteiger partial charge in [-0.15, -0.1) is 0 Å². The zero-order valence-electron chi connectivity index (χ0n) is 19.1. The quantitative estimate of drug-likeness (QED) is 0.261. The maximum Gasteiger partial charge on any atom is 0.314 e. The van der Waals surface area contributed by atoms with Crippen LogP contribution in [0.2, 0.25) is 10.0 Å². The Labute approximate surface area is 215 Å². The molecule has 0 saturated carbocycles. The van der Waals surface area contributed by atoms with Gasteiger partial charge in [0.2, 0.25) is 5.88 Å². The summed E-state index contributed by atoms with van der Waals surface area (Å²) >= 11 is 15.7. The SMILES string of the molecule is CCCCCCCCCCNCc1c(Cl)cc(Cl)cc1Br.O=C(O)[C@H]1COc2ncccc21. The number of aliphatic carboxylic acids is 1. The third-order valence-corrected chi connectivity index (χ3v) is 6.74. The zero-order valence-corrected chi connectivity index (χ0v) is 22.2. The first-order valence-electron chi connectivity index (χ1n) is 11.6. The molecule has 2 heterocycles. The second kappa shape index (κ2) is 15.5. The molecule has 0 unspecified atom stereocenters. The molecule has 1 aliphatic heterocycles. The van der Waals surface area contributed by atoms with Gasteiger partial charge in [0.15, 0.2) is 0 Å². The summed E-state index contributed by atoms with van der Waals surface area (Å²) in [5, 5.41) is 13.6. The van der Waals surface area contributed by atoms with Crippen LogP contribution in [-0.2, 0) is 11.3 Å². The molecule has 0 bridgehead atoms. The van der Waals surface area contributed by atoms with E-state index in [0.29, 0.717) is 16.5 Å². The van der Waals surface area contributed by atoms with Crippen LogP contribution in [0.4, 0.5) is 0 Å². The highest BCUT2D eigenvalue weighted by atomic mass is 79.9. The predicted octanol–water partition coefficient (Wildman–Crippen LogP) is 7.63. The minimum absolute atomic E-state index is 0.196. The molecule has 182 valence electrons. The molecule has 33 heavy (non-hydrogen) atoms. The Morgan fingerprint density at radius 3 is 2.55 bits per heavy atom. The zero-order chi connectivity index (χ0) is 24.1. The van der Waals surface area contributed by atoms with Crippen molar-refractivity contribution in [1.29, 1.82) is 0 Å². The molecule has 0 aliphatic carbocycles. The summed E-state index contributed by atoms with van der Waals surface area (Å²) in [7, 11) is 0. The van der Waals surface area contributed by atoms with E-state index < -0.39 is 11.9 Å². The van der Waals surface area contributed by atoms with Crippen molar-refractivity contribution in [3.05, 3.63) is 56.1 Å². The smallest absolute Gasteiger partial charge is 0.314 e.